The number of aromatic nitrogens is 2. The molecule has 0 spiro atoms. The quantitative estimate of drug-likeness (QED) is 0.147. The normalized spacial score (nSPS) is 18.0. The van der Waals surface area contributed by atoms with Crippen molar-refractivity contribution >= 4 is 29.7 Å². The zero-order valence-electron chi connectivity index (χ0n) is 17.7. The monoisotopic (exact) mass is 468 g/mol. The van der Waals surface area contributed by atoms with Crippen molar-refractivity contribution in [2.24, 2.45) is 0 Å². The molecule has 1 aromatic rings. The summed E-state index contributed by atoms with van der Waals surface area (Å²) in [6.45, 7) is -0.0633. The van der Waals surface area contributed by atoms with Gasteiger partial charge in [0.15, 0.2) is 0 Å². The maximum Gasteiger partial charge on any atom is 0.326 e. The van der Waals surface area contributed by atoms with Crippen LogP contribution in [0.3, 0.4) is 0 Å². The van der Waals surface area contributed by atoms with Crippen molar-refractivity contribution in [1.82, 2.24) is 31.2 Å². The highest BCUT2D eigenvalue weighted by molar-refractivity contribution is 5.94. The van der Waals surface area contributed by atoms with Gasteiger partial charge in [0.2, 0.25) is 17.7 Å². The molecule has 14 heteroatoms. The number of hydrogen-bond donors (Lipinski definition) is 8. The number of rotatable bonds is 13. The third kappa shape index (κ3) is 8.16. The molecule has 0 aromatic carbocycles. The number of carboxylic acids is 2. The maximum absolute atomic E-state index is 12.8. The molecule has 0 bridgehead atoms. The lowest BCUT2D eigenvalue weighted by Crippen LogP contribution is -2.58. The molecule has 4 unspecified atom stereocenters. The van der Waals surface area contributed by atoms with E-state index in [1.165, 1.54) is 12.5 Å². The summed E-state index contributed by atoms with van der Waals surface area (Å²) in [7, 11) is 0. The van der Waals surface area contributed by atoms with Gasteiger partial charge in [-0.3, -0.25) is 19.2 Å². The molecule has 1 aliphatic heterocycles. The molecule has 2 rings (SSSR count). The second kappa shape index (κ2) is 12.5. The molecule has 1 aromatic heterocycles. The zero-order chi connectivity index (χ0) is 24.4. The van der Waals surface area contributed by atoms with Crippen molar-refractivity contribution in [1.29, 1.82) is 0 Å². The Morgan fingerprint density at radius 1 is 1.06 bits per heavy atom. The number of aliphatic hydroxyl groups is 1. The molecule has 1 fully saturated rings. The van der Waals surface area contributed by atoms with E-state index in [1.54, 1.807) is 0 Å². The molecule has 1 saturated heterocycles. The Labute approximate surface area is 188 Å². The summed E-state index contributed by atoms with van der Waals surface area (Å²) >= 11 is 0. The number of amides is 3. The van der Waals surface area contributed by atoms with Gasteiger partial charge >= 0.3 is 11.9 Å². The van der Waals surface area contributed by atoms with E-state index in [9.17, 15) is 34.2 Å². The minimum absolute atomic E-state index is 0.0981. The number of carbonyl (C=O) groups excluding carboxylic acids is 3. The fourth-order valence-electron chi connectivity index (χ4n) is 3.27. The Bertz CT molecular complexity index is 839. The van der Waals surface area contributed by atoms with Crippen LogP contribution in [-0.4, -0.2) is 92.3 Å². The number of nitrogens with zero attached hydrogens (tertiary/aromatic N) is 1. The summed E-state index contributed by atoms with van der Waals surface area (Å²) < 4.78 is 0. The lowest BCUT2D eigenvalue weighted by atomic mass is 10.1. The minimum atomic E-state index is -1.49. The molecule has 2 heterocycles. The SMILES string of the molecule is O=C(O)CCC(NC(=O)C(Cc1cnc[nH]1)NC(=O)C(CO)NC(=O)C1CCCN1)C(=O)O. The van der Waals surface area contributed by atoms with Crippen molar-refractivity contribution in [3.63, 3.8) is 0 Å². The van der Waals surface area contributed by atoms with E-state index < -0.39 is 66.9 Å². The number of hydrogen-bond acceptors (Lipinski definition) is 8. The predicted octanol–water partition coefficient (Wildman–Crippen LogP) is -2.90. The van der Waals surface area contributed by atoms with Crippen LogP contribution < -0.4 is 21.3 Å². The van der Waals surface area contributed by atoms with Crippen molar-refractivity contribution in [3.8, 4) is 0 Å². The number of aromatic amines is 1. The minimum Gasteiger partial charge on any atom is -0.481 e. The van der Waals surface area contributed by atoms with Gasteiger partial charge in [0.05, 0.1) is 19.0 Å². The van der Waals surface area contributed by atoms with E-state index in [0.717, 1.165) is 6.42 Å². The largest absolute Gasteiger partial charge is 0.481 e. The van der Waals surface area contributed by atoms with Gasteiger partial charge in [-0.25, -0.2) is 9.78 Å². The van der Waals surface area contributed by atoms with Crippen molar-refractivity contribution < 1.29 is 39.3 Å². The summed E-state index contributed by atoms with van der Waals surface area (Å²) in [6, 6.07) is -4.60. The van der Waals surface area contributed by atoms with Crippen LogP contribution in [-0.2, 0) is 30.4 Å². The smallest absolute Gasteiger partial charge is 0.326 e. The van der Waals surface area contributed by atoms with E-state index in [2.05, 4.69) is 31.2 Å². The van der Waals surface area contributed by atoms with Crippen LogP contribution in [0.2, 0.25) is 0 Å². The molecular weight excluding hydrogens is 440 g/mol. The highest BCUT2D eigenvalue weighted by Crippen LogP contribution is 2.06. The molecule has 0 aliphatic carbocycles. The molecule has 1 aliphatic rings. The molecule has 4 atom stereocenters. The Morgan fingerprint density at radius 2 is 1.76 bits per heavy atom. The molecule has 33 heavy (non-hydrogen) atoms. The third-order valence-corrected chi connectivity index (χ3v) is 5.07. The van der Waals surface area contributed by atoms with Crippen molar-refractivity contribution in [2.75, 3.05) is 13.2 Å². The molecule has 3 amide bonds. The first-order valence-electron chi connectivity index (χ1n) is 10.4. The summed E-state index contributed by atoms with van der Waals surface area (Å²) in [5, 5.41) is 37.7. The van der Waals surface area contributed by atoms with Crippen LogP contribution in [0.4, 0.5) is 0 Å². The van der Waals surface area contributed by atoms with Gasteiger partial charge in [0.25, 0.3) is 0 Å². The average Bonchev–Trinajstić information content (AvgIpc) is 3.48. The van der Waals surface area contributed by atoms with Crippen LogP contribution in [0.25, 0.3) is 0 Å². The van der Waals surface area contributed by atoms with Crippen LogP contribution in [0.15, 0.2) is 12.5 Å². The highest BCUT2D eigenvalue weighted by Gasteiger charge is 2.31. The lowest BCUT2D eigenvalue weighted by Gasteiger charge is -2.24. The zero-order valence-corrected chi connectivity index (χ0v) is 17.7. The second-order valence-corrected chi connectivity index (χ2v) is 7.57. The summed E-state index contributed by atoms with van der Waals surface area (Å²) in [4.78, 5) is 66.5. The number of imidazole rings is 1. The number of aliphatic hydroxyl groups excluding tert-OH is 1. The van der Waals surface area contributed by atoms with Crippen LogP contribution in [0, 0.1) is 0 Å². The second-order valence-electron chi connectivity index (χ2n) is 7.57. The van der Waals surface area contributed by atoms with Gasteiger partial charge in [-0.1, -0.05) is 0 Å². The first kappa shape index (κ1) is 25.7. The lowest BCUT2D eigenvalue weighted by molar-refractivity contribution is -0.143. The van der Waals surface area contributed by atoms with Gasteiger partial charge in [-0.2, -0.15) is 0 Å². The number of nitrogens with one attached hydrogen (secondary N) is 5. The number of H-pyrrole nitrogens is 1. The van der Waals surface area contributed by atoms with E-state index in [0.29, 0.717) is 18.7 Å². The molecule has 0 radical (unpaired) electrons. The molecule has 182 valence electrons. The van der Waals surface area contributed by atoms with Crippen LogP contribution in [0.5, 0.6) is 0 Å². The van der Waals surface area contributed by atoms with Gasteiger partial charge in [-0.15, -0.1) is 0 Å². The van der Waals surface area contributed by atoms with Gasteiger partial charge in [0, 0.05) is 24.7 Å². The van der Waals surface area contributed by atoms with Crippen LogP contribution in [0.1, 0.15) is 31.4 Å². The van der Waals surface area contributed by atoms with E-state index in [-0.39, 0.29) is 12.8 Å². The topological polar surface area (TPSA) is 223 Å². The Hall–Kier alpha value is -3.52. The number of carbonyl (C=O) groups is 5. The van der Waals surface area contributed by atoms with Gasteiger partial charge in [0.1, 0.15) is 18.1 Å². The van der Waals surface area contributed by atoms with E-state index in [4.69, 9.17) is 5.11 Å². The van der Waals surface area contributed by atoms with Crippen LogP contribution >= 0.6 is 0 Å². The number of aliphatic carboxylic acids is 2. The standard InChI is InChI=1S/C19H28N6O8/c26-8-14(25-16(29)11-2-1-5-21-11)18(31)24-13(6-10-7-20-9-22-10)17(30)23-12(19(32)33)3-4-15(27)28/h7,9,11-14,21,26H,1-6,8H2,(H,20,22)(H,23,30)(H,24,31)(H,25,29)(H,27,28)(H,32,33). The predicted molar refractivity (Wildman–Crippen MR) is 111 cm³/mol. The maximum atomic E-state index is 12.8. The summed E-state index contributed by atoms with van der Waals surface area (Å²) in [6.07, 6.45) is 3.20. The first-order chi connectivity index (χ1) is 15.7. The highest BCUT2D eigenvalue weighted by atomic mass is 16.4. The molecular formula is C19H28N6O8. The fraction of sp³-hybridized carbons (Fsp3) is 0.579. The van der Waals surface area contributed by atoms with Gasteiger partial charge < -0.3 is 41.6 Å². The number of carboxylic acid groups (broad SMARTS) is 2. The van der Waals surface area contributed by atoms with Gasteiger partial charge in [-0.05, 0) is 25.8 Å². The third-order valence-electron chi connectivity index (χ3n) is 5.07. The van der Waals surface area contributed by atoms with Crippen molar-refractivity contribution in [2.45, 2.75) is 56.3 Å². The summed E-state index contributed by atoms with van der Waals surface area (Å²) in [5.41, 5.74) is 0.451. The molecule has 8 N–H and O–H groups in total. The molecule has 14 nitrogen and oxygen atoms in total. The average molecular weight is 468 g/mol. The molecule has 0 saturated carbocycles. The van der Waals surface area contributed by atoms with Crippen molar-refractivity contribution in [3.05, 3.63) is 18.2 Å². The Balaban J connectivity index is 2.08. The Morgan fingerprint density at radius 3 is 2.30 bits per heavy atom. The Kier molecular flexibility index (Phi) is 9.75. The van der Waals surface area contributed by atoms with E-state index in [1.807, 2.05) is 0 Å². The van der Waals surface area contributed by atoms with E-state index >= 15 is 0 Å². The summed E-state index contributed by atoms with van der Waals surface area (Å²) in [5.74, 6) is -4.84. The first-order valence-corrected chi connectivity index (χ1v) is 10.4. The fourth-order valence-corrected chi connectivity index (χ4v) is 3.27.